The van der Waals surface area contributed by atoms with Crippen molar-refractivity contribution in [2.75, 3.05) is 0 Å². The van der Waals surface area contributed by atoms with Crippen LogP contribution < -0.4 is 0 Å². The number of aryl methyl sites for hydroxylation is 1. The fourth-order valence-electron chi connectivity index (χ4n) is 4.60. The van der Waals surface area contributed by atoms with E-state index in [-0.39, 0.29) is 0 Å². The smallest absolute Gasteiger partial charge is 0.0794 e. The summed E-state index contributed by atoms with van der Waals surface area (Å²) in [7, 11) is 0. The molecular formula is C27H18BrN. The van der Waals surface area contributed by atoms with Crippen LogP contribution in [0.2, 0.25) is 0 Å². The van der Waals surface area contributed by atoms with Crippen LogP contribution in [-0.4, -0.2) is 4.98 Å². The van der Waals surface area contributed by atoms with Gasteiger partial charge < -0.3 is 0 Å². The topological polar surface area (TPSA) is 12.9 Å². The fourth-order valence-corrected chi connectivity index (χ4v) is 4.86. The van der Waals surface area contributed by atoms with Crippen LogP contribution in [-0.2, 0) is 6.42 Å². The van der Waals surface area contributed by atoms with Gasteiger partial charge in [-0.15, -0.1) is 0 Å². The molecule has 2 heteroatoms. The molecule has 6 rings (SSSR count). The lowest BCUT2D eigenvalue weighted by atomic mass is 9.89. The minimum absolute atomic E-state index is 1.05. The van der Waals surface area contributed by atoms with E-state index >= 15 is 0 Å². The number of hydrogen-bond donors (Lipinski definition) is 0. The van der Waals surface area contributed by atoms with E-state index in [1.807, 2.05) is 0 Å². The Morgan fingerprint density at radius 3 is 2.41 bits per heavy atom. The van der Waals surface area contributed by atoms with Gasteiger partial charge in [-0.3, -0.25) is 0 Å². The summed E-state index contributed by atoms with van der Waals surface area (Å²) in [5.74, 6) is 0. The lowest BCUT2D eigenvalue weighted by Crippen LogP contribution is -1.99. The number of benzene rings is 4. The lowest BCUT2D eigenvalue weighted by Gasteiger charge is -2.18. The zero-order valence-electron chi connectivity index (χ0n) is 15.8. The minimum Gasteiger partial charge on any atom is -0.247 e. The number of nitrogens with zero attached hydrogens (tertiary/aromatic N) is 1. The maximum Gasteiger partial charge on any atom is 0.0794 e. The number of hydrogen-bond acceptors (Lipinski definition) is 1. The molecule has 0 radical (unpaired) electrons. The first kappa shape index (κ1) is 16.9. The zero-order valence-corrected chi connectivity index (χ0v) is 17.4. The van der Waals surface area contributed by atoms with E-state index in [1.165, 1.54) is 43.8 Å². The second kappa shape index (κ2) is 6.53. The number of pyridine rings is 1. The van der Waals surface area contributed by atoms with Crippen LogP contribution in [0.4, 0.5) is 0 Å². The van der Waals surface area contributed by atoms with E-state index < -0.39 is 0 Å². The van der Waals surface area contributed by atoms with E-state index in [2.05, 4.69) is 101 Å². The Bertz CT molecular complexity index is 1450. The van der Waals surface area contributed by atoms with Crippen LogP contribution in [0.25, 0.3) is 49.8 Å². The summed E-state index contributed by atoms with van der Waals surface area (Å²) < 4.78 is 1.09. The summed E-state index contributed by atoms with van der Waals surface area (Å²) in [4.78, 5) is 5.28. The van der Waals surface area contributed by atoms with Crippen LogP contribution >= 0.6 is 15.9 Å². The van der Waals surface area contributed by atoms with Crippen LogP contribution in [0.3, 0.4) is 0 Å². The molecule has 0 saturated carbocycles. The fraction of sp³-hybridized carbons (Fsp3) is 0.0741. The molecule has 1 heterocycles. The Labute approximate surface area is 177 Å². The molecule has 1 nitrogen and oxygen atoms in total. The molecule has 0 unspecified atom stereocenters. The van der Waals surface area contributed by atoms with E-state index in [0.29, 0.717) is 0 Å². The van der Waals surface area contributed by atoms with Gasteiger partial charge in [-0.05, 0) is 47.1 Å². The third-order valence-electron chi connectivity index (χ3n) is 5.97. The van der Waals surface area contributed by atoms with Crippen molar-refractivity contribution < 1.29 is 0 Å². The van der Waals surface area contributed by atoms with Crippen molar-refractivity contribution in [2.45, 2.75) is 12.8 Å². The highest BCUT2D eigenvalue weighted by atomic mass is 79.9. The molecule has 0 bridgehead atoms. The SMILES string of the molecule is Brc1ccc(-c2c3ccc4c(c3nc3c2ccc2ccccc23)CCC=C4)cc1. The molecule has 0 fully saturated rings. The van der Waals surface area contributed by atoms with E-state index in [0.717, 1.165) is 28.3 Å². The van der Waals surface area contributed by atoms with Gasteiger partial charge in [-0.1, -0.05) is 88.7 Å². The average Bonchev–Trinajstić information content (AvgIpc) is 2.78. The van der Waals surface area contributed by atoms with Crippen LogP contribution in [0.15, 0.2) is 83.3 Å². The predicted molar refractivity (Wildman–Crippen MR) is 127 cm³/mol. The van der Waals surface area contributed by atoms with Gasteiger partial charge in [0, 0.05) is 26.2 Å². The summed E-state index contributed by atoms with van der Waals surface area (Å²) in [6.45, 7) is 0. The number of fused-ring (bicyclic) bond motifs is 6. The summed E-state index contributed by atoms with van der Waals surface area (Å²) in [6.07, 6.45) is 6.63. The van der Waals surface area contributed by atoms with Crippen LogP contribution in [0.5, 0.6) is 0 Å². The largest absolute Gasteiger partial charge is 0.247 e. The van der Waals surface area contributed by atoms with Crippen molar-refractivity contribution in [3.8, 4) is 11.1 Å². The van der Waals surface area contributed by atoms with Gasteiger partial charge in [-0.2, -0.15) is 0 Å². The molecule has 5 aromatic rings. The van der Waals surface area contributed by atoms with Crippen molar-refractivity contribution in [1.29, 1.82) is 0 Å². The highest BCUT2D eigenvalue weighted by Gasteiger charge is 2.17. The molecule has 1 aliphatic carbocycles. The standard InChI is InChI=1S/C27H18BrN/c28-20-13-9-19(10-14-20)25-23-15-11-17-5-1-3-7-21(17)26(23)29-27-22-8-4-2-6-18(22)12-16-24(25)27/h1-3,5-7,9-16H,4,8H2. The molecular weight excluding hydrogens is 418 g/mol. The number of aromatic nitrogens is 1. The molecule has 0 atom stereocenters. The summed E-state index contributed by atoms with van der Waals surface area (Å²) in [6, 6.07) is 26.2. The predicted octanol–water partition coefficient (Wildman–Crippen LogP) is 7.93. The molecule has 1 aromatic heterocycles. The summed E-state index contributed by atoms with van der Waals surface area (Å²) in [5.41, 5.74) is 7.42. The molecule has 0 spiro atoms. The first-order valence-corrected chi connectivity index (χ1v) is 10.8. The zero-order chi connectivity index (χ0) is 19.4. The maximum absolute atomic E-state index is 5.28. The van der Waals surface area contributed by atoms with Gasteiger partial charge in [0.2, 0.25) is 0 Å². The molecule has 138 valence electrons. The molecule has 0 saturated heterocycles. The Balaban J connectivity index is 1.84. The number of allylic oxidation sites excluding steroid dienone is 1. The Kier molecular flexibility index (Phi) is 3.82. The lowest BCUT2D eigenvalue weighted by molar-refractivity contribution is 0.993. The van der Waals surface area contributed by atoms with Crippen molar-refractivity contribution in [1.82, 2.24) is 4.98 Å². The maximum atomic E-state index is 5.28. The van der Waals surface area contributed by atoms with Crippen molar-refractivity contribution in [2.24, 2.45) is 0 Å². The average molecular weight is 436 g/mol. The Hall–Kier alpha value is -2.97. The number of halogens is 1. The second-order valence-corrected chi connectivity index (χ2v) is 8.56. The van der Waals surface area contributed by atoms with E-state index in [9.17, 15) is 0 Å². The Morgan fingerprint density at radius 2 is 1.52 bits per heavy atom. The number of rotatable bonds is 1. The van der Waals surface area contributed by atoms with E-state index in [4.69, 9.17) is 4.98 Å². The second-order valence-electron chi connectivity index (χ2n) is 7.65. The first-order chi connectivity index (χ1) is 14.3. The van der Waals surface area contributed by atoms with Gasteiger partial charge in [-0.25, -0.2) is 4.98 Å². The van der Waals surface area contributed by atoms with E-state index in [1.54, 1.807) is 0 Å². The molecule has 0 amide bonds. The van der Waals surface area contributed by atoms with Gasteiger partial charge >= 0.3 is 0 Å². The molecule has 0 aliphatic heterocycles. The van der Waals surface area contributed by atoms with Crippen LogP contribution in [0.1, 0.15) is 17.5 Å². The van der Waals surface area contributed by atoms with Gasteiger partial charge in [0.05, 0.1) is 11.0 Å². The van der Waals surface area contributed by atoms with Gasteiger partial charge in [0.25, 0.3) is 0 Å². The third kappa shape index (κ3) is 2.63. The van der Waals surface area contributed by atoms with Gasteiger partial charge in [0.1, 0.15) is 0 Å². The monoisotopic (exact) mass is 435 g/mol. The van der Waals surface area contributed by atoms with Crippen molar-refractivity contribution in [3.63, 3.8) is 0 Å². The normalized spacial score (nSPS) is 13.3. The summed E-state index contributed by atoms with van der Waals surface area (Å²) >= 11 is 3.58. The Morgan fingerprint density at radius 1 is 0.724 bits per heavy atom. The first-order valence-electron chi connectivity index (χ1n) is 9.99. The molecule has 0 N–H and O–H groups in total. The van der Waals surface area contributed by atoms with Crippen molar-refractivity contribution in [3.05, 3.63) is 94.5 Å². The molecule has 4 aromatic carbocycles. The minimum atomic E-state index is 1.05. The van der Waals surface area contributed by atoms with Crippen molar-refractivity contribution >= 4 is 54.6 Å². The molecule has 29 heavy (non-hydrogen) atoms. The summed E-state index contributed by atoms with van der Waals surface area (Å²) in [5, 5.41) is 4.90. The quantitative estimate of drug-likeness (QED) is 0.192. The highest BCUT2D eigenvalue weighted by molar-refractivity contribution is 9.10. The van der Waals surface area contributed by atoms with Gasteiger partial charge in [0.15, 0.2) is 0 Å². The third-order valence-corrected chi connectivity index (χ3v) is 6.50. The van der Waals surface area contributed by atoms with Crippen LogP contribution in [0, 0.1) is 0 Å². The molecule has 1 aliphatic rings. The highest BCUT2D eigenvalue weighted by Crippen LogP contribution is 2.40.